The summed E-state index contributed by atoms with van der Waals surface area (Å²) < 4.78 is 0. The summed E-state index contributed by atoms with van der Waals surface area (Å²) in [6.45, 7) is 7.59. The van der Waals surface area contributed by atoms with Gasteiger partial charge in [-0.25, -0.2) is 4.98 Å². The number of likely N-dealkylation sites (N-methyl/N-ethyl adjacent to an activating group) is 1. The molecule has 1 aliphatic heterocycles. The fourth-order valence-electron chi connectivity index (χ4n) is 3.13. The third-order valence-corrected chi connectivity index (χ3v) is 4.02. The van der Waals surface area contributed by atoms with Crippen LogP contribution in [0.15, 0.2) is 18.3 Å². The Morgan fingerprint density at radius 2 is 2.30 bits per heavy atom. The zero-order chi connectivity index (χ0) is 14.5. The second-order valence-corrected chi connectivity index (χ2v) is 5.95. The summed E-state index contributed by atoms with van der Waals surface area (Å²) in [5.74, 6) is 1.17. The summed E-state index contributed by atoms with van der Waals surface area (Å²) in [5, 5.41) is 3.50. The fourth-order valence-corrected chi connectivity index (χ4v) is 3.13. The van der Waals surface area contributed by atoms with E-state index in [0.29, 0.717) is 12.1 Å². The standard InChI is InChI=1S/C16H28N4/c1-5-17-13(2)15-9-6-10-18-16(15)20-11-7-8-14(20)12-19(3)4/h6,9-10,13-14,17H,5,7-8,11-12H2,1-4H3. The van der Waals surface area contributed by atoms with E-state index in [4.69, 9.17) is 0 Å². The Balaban J connectivity index is 2.22. The van der Waals surface area contributed by atoms with Gasteiger partial charge in [0.2, 0.25) is 0 Å². The van der Waals surface area contributed by atoms with E-state index in [9.17, 15) is 0 Å². The summed E-state index contributed by atoms with van der Waals surface area (Å²) in [6.07, 6.45) is 4.45. The monoisotopic (exact) mass is 276 g/mol. The van der Waals surface area contributed by atoms with Crippen LogP contribution in [0.1, 0.15) is 38.3 Å². The smallest absolute Gasteiger partial charge is 0.133 e. The Morgan fingerprint density at radius 3 is 3.00 bits per heavy atom. The van der Waals surface area contributed by atoms with Crippen molar-refractivity contribution >= 4 is 5.82 Å². The zero-order valence-corrected chi connectivity index (χ0v) is 13.3. The van der Waals surface area contributed by atoms with E-state index in [1.54, 1.807) is 0 Å². The van der Waals surface area contributed by atoms with Crippen LogP contribution in [0.2, 0.25) is 0 Å². The highest BCUT2D eigenvalue weighted by Crippen LogP contribution is 2.30. The molecule has 0 spiro atoms. The molecule has 1 fully saturated rings. The van der Waals surface area contributed by atoms with Crippen molar-refractivity contribution in [1.82, 2.24) is 15.2 Å². The van der Waals surface area contributed by atoms with Gasteiger partial charge in [-0.1, -0.05) is 13.0 Å². The van der Waals surface area contributed by atoms with Gasteiger partial charge in [0.05, 0.1) is 0 Å². The van der Waals surface area contributed by atoms with Gasteiger partial charge in [-0.05, 0) is 46.5 Å². The molecule has 4 heteroatoms. The van der Waals surface area contributed by atoms with Crippen LogP contribution in [0, 0.1) is 0 Å². The molecule has 112 valence electrons. The Morgan fingerprint density at radius 1 is 1.50 bits per heavy atom. The highest BCUT2D eigenvalue weighted by Gasteiger charge is 2.28. The van der Waals surface area contributed by atoms with Gasteiger partial charge in [0, 0.05) is 36.9 Å². The molecule has 20 heavy (non-hydrogen) atoms. The van der Waals surface area contributed by atoms with Gasteiger partial charge in [-0.15, -0.1) is 0 Å². The maximum atomic E-state index is 4.69. The first kappa shape index (κ1) is 15.3. The highest BCUT2D eigenvalue weighted by molar-refractivity contribution is 5.50. The van der Waals surface area contributed by atoms with Gasteiger partial charge >= 0.3 is 0 Å². The van der Waals surface area contributed by atoms with Crippen molar-refractivity contribution in [2.24, 2.45) is 0 Å². The number of hydrogen-bond donors (Lipinski definition) is 1. The lowest BCUT2D eigenvalue weighted by atomic mass is 10.1. The molecule has 0 aromatic carbocycles. The van der Waals surface area contributed by atoms with E-state index in [1.165, 1.54) is 24.2 Å². The number of aromatic nitrogens is 1. The Hall–Kier alpha value is -1.13. The molecule has 1 aromatic rings. The first-order valence-corrected chi connectivity index (χ1v) is 7.73. The maximum absolute atomic E-state index is 4.69. The van der Waals surface area contributed by atoms with Crippen molar-refractivity contribution in [2.45, 2.75) is 38.8 Å². The predicted molar refractivity (Wildman–Crippen MR) is 85.3 cm³/mol. The molecular weight excluding hydrogens is 248 g/mol. The lowest BCUT2D eigenvalue weighted by molar-refractivity contribution is 0.371. The Labute approximate surface area is 123 Å². The van der Waals surface area contributed by atoms with Gasteiger partial charge in [0.15, 0.2) is 0 Å². The summed E-state index contributed by atoms with van der Waals surface area (Å²) >= 11 is 0. The van der Waals surface area contributed by atoms with E-state index in [2.05, 4.69) is 54.1 Å². The lowest BCUT2D eigenvalue weighted by Gasteiger charge is -2.30. The van der Waals surface area contributed by atoms with Crippen LogP contribution in [-0.2, 0) is 0 Å². The second kappa shape index (κ2) is 7.04. The van der Waals surface area contributed by atoms with Crippen molar-refractivity contribution in [3.05, 3.63) is 23.9 Å². The van der Waals surface area contributed by atoms with Crippen LogP contribution in [0.5, 0.6) is 0 Å². The molecule has 2 unspecified atom stereocenters. The number of nitrogens with one attached hydrogen (secondary N) is 1. The predicted octanol–water partition coefficient (Wildman–Crippen LogP) is 2.28. The summed E-state index contributed by atoms with van der Waals surface area (Å²) in [4.78, 5) is 9.47. The Bertz CT molecular complexity index is 419. The first-order valence-electron chi connectivity index (χ1n) is 7.73. The molecule has 2 heterocycles. The SMILES string of the molecule is CCNC(C)c1cccnc1N1CCCC1CN(C)C. The molecule has 0 saturated carbocycles. The topological polar surface area (TPSA) is 31.4 Å². The van der Waals surface area contributed by atoms with Crippen molar-refractivity contribution in [3.8, 4) is 0 Å². The molecule has 2 rings (SSSR count). The minimum absolute atomic E-state index is 0.351. The van der Waals surface area contributed by atoms with Crippen LogP contribution in [0.25, 0.3) is 0 Å². The largest absolute Gasteiger partial charge is 0.352 e. The highest BCUT2D eigenvalue weighted by atomic mass is 15.3. The van der Waals surface area contributed by atoms with E-state index < -0.39 is 0 Å². The zero-order valence-electron chi connectivity index (χ0n) is 13.3. The number of pyridine rings is 1. The van der Waals surface area contributed by atoms with Gasteiger partial charge in [0.25, 0.3) is 0 Å². The average Bonchev–Trinajstić information content (AvgIpc) is 2.86. The van der Waals surface area contributed by atoms with Crippen molar-refractivity contribution in [1.29, 1.82) is 0 Å². The second-order valence-electron chi connectivity index (χ2n) is 5.95. The van der Waals surface area contributed by atoms with Gasteiger partial charge in [-0.2, -0.15) is 0 Å². The van der Waals surface area contributed by atoms with Crippen molar-refractivity contribution in [2.75, 3.05) is 38.6 Å². The normalized spacial score (nSPS) is 20.6. The van der Waals surface area contributed by atoms with Gasteiger partial charge < -0.3 is 15.1 Å². The quantitative estimate of drug-likeness (QED) is 0.864. The molecule has 0 aliphatic carbocycles. The summed E-state index contributed by atoms with van der Waals surface area (Å²) in [5.41, 5.74) is 1.32. The van der Waals surface area contributed by atoms with Crippen LogP contribution in [0.3, 0.4) is 0 Å². The number of anilines is 1. The average molecular weight is 276 g/mol. The molecule has 0 bridgehead atoms. The van der Waals surface area contributed by atoms with E-state index in [-0.39, 0.29) is 0 Å². The number of nitrogens with zero attached hydrogens (tertiary/aromatic N) is 3. The van der Waals surface area contributed by atoms with E-state index >= 15 is 0 Å². The molecular formula is C16H28N4. The number of rotatable bonds is 6. The molecule has 4 nitrogen and oxygen atoms in total. The van der Waals surface area contributed by atoms with Crippen molar-refractivity contribution < 1.29 is 0 Å². The third kappa shape index (κ3) is 3.49. The maximum Gasteiger partial charge on any atom is 0.133 e. The molecule has 0 amide bonds. The molecule has 1 saturated heterocycles. The fraction of sp³-hybridized carbons (Fsp3) is 0.688. The molecule has 1 N–H and O–H groups in total. The molecule has 0 radical (unpaired) electrons. The summed E-state index contributed by atoms with van der Waals surface area (Å²) in [7, 11) is 4.30. The molecule has 1 aromatic heterocycles. The lowest BCUT2D eigenvalue weighted by Crippen LogP contribution is -2.39. The summed E-state index contributed by atoms with van der Waals surface area (Å²) in [6, 6.07) is 5.20. The minimum Gasteiger partial charge on any atom is -0.352 e. The number of hydrogen-bond acceptors (Lipinski definition) is 4. The Kier molecular flexibility index (Phi) is 5.38. The van der Waals surface area contributed by atoms with E-state index in [0.717, 1.165) is 19.6 Å². The van der Waals surface area contributed by atoms with Crippen LogP contribution in [-0.4, -0.2) is 49.7 Å². The molecule has 2 atom stereocenters. The third-order valence-electron chi connectivity index (χ3n) is 4.02. The first-order chi connectivity index (χ1) is 9.63. The van der Waals surface area contributed by atoms with Gasteiger partial charge in [0.1, 0.15) is 5.82 Å². The van der Waals surface area contributed by atoms with Crippen LogP contribution >= 0.6 is 0 Å². The van der Waals surface area contributed by atoms with Crippen molar-refractivity contribution in [3.63, 3.8) is 0 Å². The van der Waals surface area contributed by atoms with Gasteiger partial charge in [-0.3, -0.25) is 0 Å². The minimum atomic E-state index is 0.351. The van der Waals surface area contributed by atoms with Crippen LogP contribution in [0.4, 0.5) is 5.82 Å². The molecule has 1 aliphatic rings. The van der Waals surface area contributed by atoms with Crippen LogP contribution < -0.4 is 10.2 Å². The van der Waals surface area contributed by atoms with E-state index in [1.807, 2.05) is 12.3 Å².